The van der Waals surface area contributed by atoms with Crippen LogP contribution in [-0.2, 0) is 9.59 Å². The summed E-state index contributed by atoms with van der Waals surface area (Å²) in [6, 6.07) is 11.4. The second-order valence-electron chi connectivity index (χ2n) is 7.86. The minimum Gasteiger partial charge on any atom is -0.495 e. The number of methoxy groups -OCH3 is 1. The fraction of sp³-hybridized carbons (Fsp3) is 0.261. The Morgan fingerprint density at radius 2 is 1.67 bits per heavy atom. The highest BCUT2D eigenvalue weighted by Gasteiger charge is 2.59. The second-order valence-corrected chi connectivity index (χ2v) is 8.29. The van der Waals surface area contributed by atoms with Crippen LogP contribution in [0.15, 0.2) is 54.6 Å². The van der Waals surface area contributed by atoms with Crippen molar-refractivity contribution in [3.63, 3.8) is 0 Å². The van der Waals surface area contributed by atoms with Gasteiger partial charge in [0, 0.05) is 10.6 Å². The summed E-state index contributed by atoms with van der Waals surface area (Å²) in [7, 11) is 1.51. The van der Waals surface area contributed by atoms with Crippen LogP contribution in [-0.4, -0.2) is 24.8 Å². The number of hydrogen-bond acceptors (Lipinski definition) is 4. The Morgan fingerprint density at radius 3 is 2.27 bits per heavy atom. The van der Waals surface area contributed by atoms with Gasteiger partial charge in [0.1, 0.15) is 5.75 Å². The molecule has 1 N–H and O–H groups in total. The van der Waals surface area contributed by atoms with E-state index in [1.807, 2.05) is 0 Å². The lowest BCUT2D eigenvalue weighted by molar-refractivity contribution is -0.123. The van der Waals surface area contributed by atoms with E-state index in [0.29, 0.717) is 27.7 Å². The van der Waals surface area contributed by atoms with E-state index >= 15 is 0 Å². The number of hydrogen-bond donors (Lipinski definition) is 1. The summed E-state index contributed by atoms with van der Waals surface area (Å²) in [5.74, 6) is -0.284. The number of rotatable bonds is 4. The van der Waals surface area contributed by atoms with Crippen LogP contribution >= 0.6 is 11.6 Å². The quantitative estimate of drug-likeness (QED) is 0.598. The number of halogens is 1. The summed E-state index contributed by atoms with van der Waals surface area (Å²) >= 11 is 6.01. The van der Waals surface area contributed by atoms with Crippen molar-refractivity contribution in [3.8, 4) is 5.75 Å². The molecule has 2 fully saturated rings. The fourth-order valence-corrected chi connectivity index (χ4v) is 5.06. The van der Waals surface area contributed by atoms with Gasteiger partial charge < -0.3 is 10.1 Å². The minimum atomic E-state index is -0.347. The van der Waals surface area contributed by atoms with Gasteiger partial charge in [0.05, 0.1) is 30.3 Å². The molecule has 6 nitrogen and oxygen atoms in total. The van der Waals surface area contributed by atoms with Crippen LogP contribution in [0.5, 0.6) is 5.75 Å². The highest BCUT2D eigenvalue weighted by atomic mass is 35.5. The lowest BCUT2D eigenvalue weighted by Crippen LogP contribution is -2.32. The smallest absolute Gasteiger partial charge is 0.255 e. The van der Waals surface area contributed by atoms with Crippen LogP contribution in [0.3, 0.4) is 0 Å². The van der Waals surface area contributed by atoms with Crippen molar-refractivity contribution >= 4 is 40.7 Å². The summed E-state index contributed by atoms with van der Waals surface area (Å²) < 4.78 is 5.25. The molecule has 2 aliphatic carbocycles. The molecular weight excluding hydrogens is 404 g/mol. The number of allylic oxidation sites excluding steroid dienone is 2. The van der Waals surface area contributed by atoms with E-state index in [1.165, 1.54) is 12.0 Å². The van der Waals surface area contributed by atoms with Gasteiger partial charge in [-0.15, -0.1) is 0 Å². The molecule has 0 unspecified atom stereocenters. The lowest BCUT2D eigenvalue weighted by atomic mass is 9.85. The molecule has 3 aliphatic rings. The summed E-state index contributed by atoms with van der Waals surface area (Å²) in [6.07, 6.45) is 5.03. The monoisotopic (exact) mass is 422 g/mol. The minimum absolute atomic E-state index is 0.136. The van der Waals surface area contributed by atoms with Crippen molar-refractivity contribution in [2.24, 2.45) is 23.7 Å². The van der Waals surface area contributed by atoms with E-state index < -0.39 is 0 Å². The Hall–Kier alpha value is -3.12. The van der Waals surface area contributed by atoms with Gasteiger partial charge in [0.2, 0.25) is 11.8 Å². The van der Waals surface area contributed by atoms with Crippen LogP contribution in [0.4, 0.5) is 11.4 Å². The van der Waals surface area contributed by atoms with Gasteiger partial charge in [0.25, 0.3) is 5.91 Å². The van der Waals surface area contributed by atoms with Crippen LogP contribution in [0.2, 0.25) is 5.02 Å². The third kappa shape index (κ3) is 2.82. The number of imide groups is 1. The Bertz CT molecular complexity index is 1060. The molecular formula is C23H19ClN2O4. The van der Waals surface area contributed by atoms with Crippen molar-refractivity contribution in [2.75, 3.05) is 17.3 Å². The molecule has 4 atom stereocenters. The van der Waals surface area contributed by atoms with Crippen LogP contribution in [0.25, 0.3) is 0 Å². The van der Waals surface area contributed by atoms with Crippen molar-refractivity contribution in [1.29, 1.82) is 0 Å². The first-order valence-electron chi connectivity index (χ1n) is 9.79. The third-order valence-electron chi connectivity index (χ3n) is 6.27. The first-order chi connectivity index (χ1) is 14.5. The molecule has 2 aromatic carbocycles. The molecule has 1 aliphatic heterocycles. The summed E-state index contributed by atoms with van der Waals surface area (Å²) in [5.41, 5.74) is 1.34. The Kier molecular flexibility index (Phi) is 4.40. The second kappa shape index (κ2) is 6.99. The van der Waals surface area contributed by atoms with E-state index in [4.69, 9.17) is 16.3 Å². The molecule has 1 saturated heterocycles. The molecule has 152 valence electrons. The standard InChI is InChI=1S/C23H19ClN2O4/c1-30-18-9-6-15(24)11-17(18)25-21(27)12-4-7-16(8-5-12)26-22(28)19-13-2-3-14(10-13)20(19)23(26)29/h2-9,11,13-14,19-20H,10H2,1H3,(H,25,27)/t13-,14-,19+,20+/m0/s1. The molecule has 5 rings (SSSR count). The number of carbonyl (C=O) groups excluding carboxylic acids is 3. The number of fused-ring (bicyclic) bond motifs is 5. The zero-order valence-corrected chi connectivity index (χ0v) is 16.9. The summed E-state index contributed by atoms with van der Waals surface area (Å²) in [4.78, 5) is 39.8. The zero-order valence-electron chi connectivity index (χ0n) is 16.2. The number of amides is 3. The van der Waals surface area contributed by atoms with Crippen LogP contribution in [0.1, 0.15) is 16.8 Å². The molecule has 30 heavy (non-hydrogen) atoms. The Morgan fingerprint density at radius 1 is 1.03 bits per heavy atom. The van der Waals surface area contributed by atoms with Crippen molar-refractivity contribution in [2.45, 2.75) is 6.42 Å². The number of nitrogens with zero attached hydrogens (tertiary/aromatic N) is 1. The Balaban J connectivity index is 1.35. The van der Waals surface area contributed by atoms with Gasteiger partial charge in [-0.1, -0.05) is 23.8 Å². The third-order valence-corrected chi connectivity index (χ3v) is 6.50. The first kappa shape index (κ1) is 18.9. The molecule has 3 amide bonds. The molecule has 7 heteroatoms. The van der Waals surface area contributed by atoms with Crippen molar-refractivity contribution in [1.82, 2.24) is 0 Å². The average Bonchev–Trinajstić information content (AvgIpc) is 3.42. The molecule has 2 bridgehead atoms. The Labute approximate surface area is 178 Å². The zero-order chi connectivity index (χ0) is 21.0. The molecule has 2 aromatic rings. The molecule has 1 saturated carbocycles. The largest absolute Gasteiger partial charge is 0.495 e. The number of nitrogens with one attached hydrogen (secondary N) is 1. The predicted molar refractivity (Wildman–Crippen MR) is 113 cm³/mol. The van der Waals surface area contributed by atoms with Gasteiger partial charge in [0.15, 0.2) is 0 Å². The fourth-order valence-electron chi connectivity index (χ4n) is 4.89. The van der Waals surface area contributed by atoms with Gasteiger partial charge in [-0.25, -0.2) is 0 Å². The number of carbonyl (C=O) groups is 3. The summed E-state index contributed by atoms with van der Waals surface area (Å²) in [5, 5.41) is 3.25. The first-order valence-corrected chi connectivity index (χ1v) is 10.2. The van der Waals surface area contributed by atoms with Crippen molar-refractivity contribution in [3.05, 3.63) is 65.2 Å². The van der Waals surface area contributed by atoms with Gasteiger partial charge in [-0.2, -0.15) is 0 Å². The highest BCUT2D eigenvalue weighted by molar-refractivity contribution is 6.31. The van der Waals surface area contributed by atoms with Crippen LogP contribution in [0, 0.1) is 23.7 Å². The van der Waals surface area contributed by atoms with Gasteiger partial charge in [-0.05, 0) is 60.7 Å². The molecule has 0 aromatic heterocycles. The maximum Gasteiger partial charge on any atom is 0.255 e. The highest BCUT2D eigenvalue weighted by Crippen LogP contribution is 2.53. The number of ether oxygens (including phenoxy) is 1. The van der Waals surface area contributed by atoms with Crippen LogP contribution < -0.4 is 15.0 Å². The average molecular weight is 423 g/mol. The van der Waals surface area contributed by atoms with E-state index in [2.05, 4.69) is 17.5 Å². The van der Waals surface area contributed by atoms with E-state index in [-0.39, 0.29) is 41.4 Å². The van der Waals surface area contributed by atoms with E-state index in [0.717, 1.165) is 6.42 Å². The van der Waals surface area contributed by atoms with Gasteiger partial charge >= 0.3 is 0 Å². The number of benzene rings is 2. The number of anilines is 2. The molecule has 0 spiro atoms. The maximum atomic E-state index is 12.9. The predicted octanol–water partition coefficient (Wildman–Crippen LogP) is 3.91. The summed E-state index contributed by atoms with van der Waals surface area (Å²) in [6.45, 7) is 0. The van der Waals surface area contributed by atoms with E-state index in [1.54, 1.807) is 42.5 Å². The molecule has 1 heterocycles. The van der Waals surface area contributed by atoms with Gasteiger partial charge in [-0.3, -0.25) is 19.3 Å². The normalized spacial score (nSPS) is 26.3. The molecule has 0 radical (unpaired) electrons. The SMILES string of the molecule is COc1ccc(Cl)cc1NC(=O)c1ccc(N2C(=O)[C@H]3[C@H](C2=O)[C@H]2C=C[C@H]3C2)cc1. The van der Waals surface area contributed by atoms with Crippen molar-refractivity contribution < 1.29 is 19.1 Å². The lowest BCUT2D eigenvalue weighted by Gasteiger charge is -2.17. The topological polar surface area (TPSA) is 75.7 Å². The van der Waals surface area contributed by atoms with E-state index in [9.17, 15) is 14.4 Å². The maximum absolute atomic E-state index is 12.9.